The van der Waals surface area contributed by atoms with Crippen LogP contribution in [-0.2, 0) is 11.2 Å². The van der Waals surface area contributed by atoms with Gasteiger partial charge in [0.15, 0.2) is 63.3 Å². The van der Waals surface area contributed by atoms with Gasteiger partial charge in [-0.15, -0.1) is 0 Å². The zero-order valence-electron chi connectivity index (χ0n) is 82.4. The van der Waals surface area contributed by atoms with Crippen molar-refractivity contribution >= 4 is 123 Å². The van der Waals surface area contributed by atoms with Gasteiger partial charge < -0.3 is 88.0 Å². The molecule has 4 N–H and O–H groups in total. The highest BCUT2D eigenvalue weighted by molar-refractivity contribution is 6.15. The van der Waals surface area contributed by atoms with Gasteiger partial charge in [0.2, 0.25) is 5.91 Å². The number of amides is 6. The van der Waals surface area contributed by atoms with Gasteiger partial charge in [0.25, 0.3) is 29.5 Å². The lowest BCUT2D eigenvalue weighted by atomic mass is 9.92. The van der Waals surface area contributed by atoms with Gasteiger partial charge >= 0.3 is 0 Å². The first-order valence-electron chi connectivity index (χ1n) is 49.5. The van der Waals surface area contributed by atoms with Crippen LogP contribution in [0.4, 0.5) is 34.1 Å². The number of aliphatic imine (C=N–C) groups is 5. The Bertz CT molecular complexity index is 7080. The fourth-order valence-electron chi connectivity index (χ4n) is 20.2. The molecule has 1 saturated carbocycles. The van der Waals surface area contributed by atoms with E-state index in [2.05, 4.69) is 58.8 Å². The van der Waals surface area contributed by atoms with Crippen molar-refractivity contribution in [3.05, 3.63) is 272 Å². The number of aryl methyl sites for hydroxylation is 3. The molecule has 1 unspecified atom stereocenters. The molecule has 12 aliphatic heterocycles. The maximum Gasteiger partial charge on any atom is 0.260 e. The van der Waals surface area contributed by atoms with E-state index < -0.39 is 12.1 Å². The Morgan fingerprint density at radius 2 is 0.857 bits per heavy atom. The Balaban J connectivity index is 0.000000144. The molecule has 9 aromatic rings. The number of benzene rings is 9. The first-order chi connectivity index (χ1) is 70.4. The van der Waals surface area contributed by atoms with Crippen molar-refractivity contribution in [2.24, 2.45) is 36.8 Å². The Labute approximate surface area is 855 Å². The van der Waals surface area contributed by atoms with Crippen LogP contribution in [0.5, 0.6) is 63.2 Å². The van der Waals surface area contributed by atoms with Crippen molar-refractivity contribution < 1.29 is 86.0 Å². The van der Waals surface area contributed by atoms with E-state index in [0.717, 1.165) is 94.3 Å². The SMILES string of the molecule is C.C.CCc1ccc(C2=CN3C(=O)c4cc(OC)c(OCCCOc5cc6c(cc5OC)C(=O)N5C=C(c7ccc(N)cc7)C[C@H]5C=N6)cc4N=C[C@@H]3C2)cc1.COc1cc2c(cc1OCCCCCOc1cc3c(cc1C)C(=O)N1C=C(C)C[C@H]1C(=O)N3)N=C[C@@H]1CC(C)=CN1C2=O.COc1cc2c(cc1OCCCOc1cc3c(cc1O)C(=O)C1N=C(c4ccc(C)cc4)C[C@H]1C=N3)C=C[C@@H]1CC(C3CC3)=CN1C2=O. The number of fused-ring (bicyclic) bond motifs is 12. The van der Waals surface area contributed by atoms with Crippen LogP contribution in [0.3, 0.4) is 0 Å². The van der Waals surface area contributed by atoms with Gasteiger partial charge in [0.1, 0.15) is 17.8 Å². The summed E-state index contributed by atoms with van der Waals surface area (Å²) in [5.41, 5.74) is 25.7. The molecule has 9 aromatic carbocycles. The maximum atomic E-state index is 13.8. The second-order valence-corrected chi connectivity index (χ2v) is 38.4. The summed E-state index contributed by atoms with van der Waals surface area (Å²) in [6.07, 6.45) is 32.0. The quantitative estimate of drug-likeness (QED) is 0.0289. The number of phenols is 1. The van der Waals surface area contributed by atoms with Gasteiger partial charge in [-0.3, -0.25) is 58.5 Å². The number of phenolic OH excluding ortho intramolecular Hbond substituents is 1. The Morgan fingerprint density at radius 1 is 0.408 bits per heavy atom. The number of carbonyl (C=O) groups is 7. The molecule has 147 heavy (non-hydrogen) atoms. The summed E-state index contributed by atoms with van der Waals surface area (Å²) in [5, 5.41) is 13.7. The molecular weight excluding hydrogens is 1860 g/mol. The minimum Gasteiger partial charge on any atom is -0.504 e. The number of methoxy groups -OCH3 is 4. The van der Waals surface area contributed by atoms with Gasteiger partial charge in [-0.25, -0.2) is 0 Å². The number of nitrogens with zero attached hydrogens (tertiary/aromatic N) is 10. The van der Waals surface area contributed by atoms with Crippen LogP contribution in [0.2, 0.25) is 0 Å². The molecule has 0 radical (unpaired) electrons. The van der Waals surface area contributed by atoms with Crippen molar-refractivity contribution in [2.45, 2.75) is 176 Å². The highest BCUT2D eigenvalue weighted by Crippen LogP contribution is 2.49. The van der Waals surface area contributed by atoms with Gasteiger partial charge in [0, 0.05) is 141 Å². The van der Waals surface area contributed by atoms with Crippen LogP contribution in [0.1, 0.15) is 220 Å². The first-order valence-corrected chi connectivity index (χ1v) is 49.5. The molecule has 22 rings (SSSR count). The number of unbranched alkanes of at least 4 members (excludes halogenated alkanes) is 2. The molecule has 13 aliphatic rings. The highest BCUT2D eigenvalue weighted by Gasteiger charge is 2.44. The van der Waals surface area contributed by atoms with Crippen LogP contribution < -0.4 is 58.4 Å². The van der Waals surface area contributed by atoms with Gasteiger partial charge in [-0.2, -0.15) is 0 Å². The van der Waals surface area contributed by atoms with Gasteiger partial charge in [0.05, 0.1) is 149 Å². The Hall–Kier alpha value is -16.1. The highest BCUT2D eigenvalue weighted by atomic mass is 16.5. The molecule has 30 heteroatoms. The molecule has 6 amide bonds. The number of ether oxygens (including phenoxy) is 10. The second-order valence-electron chi connectivity index (χ2n) is 38.4. The van der Waals surface area contributed by atoms with Crippen LogP contribution in [-0.4, -0.2) is 206 Å². The number of aromatic hydroxyl groups is 1. The number of carbonyl (C=O) groups excluding carboxylic acids is 7. The molecule has 1 aliphatic carbocycles. The fourth-order valence-corrected chi connectivity index (χ4v) is 20.2. The largest absolute Gasteiger partial charge is 0.504 e. The number of Topliss-reactive ketones (excluding diaryl/α,β-unsaturated/α-hetero) is 1. The molecule has 7 atom stereocenters. The number of hydrogen-bond acceptors (Lipinski definition) is 24. The average molecular weight is 1980 g/mol. The number of ketones is 1. The Kier molecular flexibility index (Phi) is 29.8. The molecule has 758 valence electrons. The van der Waals surface area contributed by atoms with E-state index in [0.29, 0.717) is 197 Å². The van der Waals surface area contributed by atoms with Gasteiger partial charge in [-0.05, 0) is 196 Å². The van der Waals surface area contributed by atoms with Crippen LogP contribution in [0.15, 0.2) is 224 Å². The average Bonchev–Trinajstić information content (AvgIpc) is 1.63. The summed E-state index contributed by atoms with van der Waals surface area (Å²) in [5.74, 6) is 4.28. The summed E-state index contributed by atoms with van der Waals surface area (Å²) in [4.78, 5) is 126. The maximum absolute atomic E-state index is 13.8. The monoisotopic (exact) mass is 1980 g/mol. The van der Waals surface area contributed by atoms with Crippen molar-refractivity contribution in [1.82, 2.24) is 24.5 Å². The predicted octanol–water partition coefficient (Wildman–Crippen LogP) is 21.3. The second kappa shape index (κ2) is 43.4. The molecular formula is C117H122N12O18. The topological polar surface area (TPSA) is 348 Å². The summed E-state index contributed by atoms with van der Waals surface area (Å²) in [6, 6.07) is 43.4. The van der Waals surface area contributed by atoms with Crippen molar-refractivity contribution in [2.75, 3.05) is 79.1 Å². The zero-order valence-corrected chi connectivity index (χ0v) is 82.4. The third-order valence-corrected chi connectivity index (χ3v) is 28.3. The number of nitrogen functional groups attached to an aromatic ring is 1. The molecule has 0 spiro atoms. The zero-order chi connectivity index (χ0) is 101. The van der Waals surface area contributed by atoms with Crippen molar-refractivity contribution in [1.29, 1.82) is 0 Å². The number of nitrogens with one attached hydrogen (secondary N) is 1. The lowest BCUT2D eigenvalue weighted by molar-refractivity contribution is -0.119. The molecule has 0 bridgehead atoms. The molecule has 30 nitrogen and oxygen atoms in total. The van der Waals surface area contributed by atoms with E-state index in [1.165, 1.54) is 40.5 Å². The number of nitrogens with two attached hydrogens (primary N) is 1. The summed E-state index contributed by atoms with van der Waals surface area (Å²) >= 11 is 0. The van der Waals surface area contributed by atoms with Crippen molar-refractivity contribution in [3.63, 3.8) is 0 Å². The minimum absolute atomic E-state index is 0. The van der Waals surface area contributed by atoms with Crippen molar-refractivity contribution in [3.8, 4) is 63.2 Å². The van der Waals surface area contributed by atoms with Crippen LogP contribution >= 0.6 is 0 Å². The summed E-state index contributed by atoms with van der Waals surface area (Å²) in [7, 11) is 6.22. The molecule has 0 aromatic heterocycles. The molecule has 0 saturated heterocycles. The summed E-state index contributed by atoms with van der Waals surface area (Å²) < 4.78 is 58.8. The van der Waals surface area contributed by atoms with E-state index in [4.69, 9.17) is 68.1 Å². The van der Waals surface area contributed by atoms with Crippen LogP contribution in [0, 0.1) is 25.7 Å². The summed E-state index contributed by atoms with van der Waals surface area (Å²) in [6.45, 7) is 12.2. The van der Waals surface area contributed by atoms with E-state index in [9.17, 15) is 38.7 Å². The number of rotatable bonds is 29. The van der Waals surface area contributed by atoms with E-state index in [-0.39, 0.29) is 104 Å². The number of hydrogen-bond donors (Lipinski definition) is 3. The standard InChI is InChI=1S/C43H41N5O6.C39H37N3O6.C33H36N4O6.2CH4/c1-4-26-6-8-27(9-7-26)29-16-32-22-45-36-20-40(38(51-2)18-34(36)42(49)47(32)24-29)53-14-5-15-54-41-21-37-35(19-39(41)52-3)43(50)48-25-30(17-33(48)23-46-37)28-10-12-31(44)13-11-28;1-22-4-6-24(7-5-22)31-15-26-20-40-32-19-34(33(43)17-30(32)38(44)37(26)41-31)47-12-3-13-48-36-16-25-10-11-28-14-27(23-8-9-23)21-42(28)39(45)29(25)18-35(36)46-2;1-19-10-22-16-34-25-14-30(29(41-4)13-24(25)32(39)36(22)17-19)43-9-7-5-6-8-42-28-15-26-23(12-21(28)3)33(40)37-18-20(2)11-27(37)31(38)35-26;;/h6-13,18-25,32-33H,4-5,14-17,44H2,1-3H3;4-7,10-11,16-21,23,26,28,37,43H,3,8-9,12-15H2,1-2H3;12-18,22,27H,5-11H2,1-4H3,(H,35,38);2*1H4/t32-,33-;26-,28+,37?;22-,27-;;/m000../s1. The fraction of sp³-hybridized carbons (Fsp3) is 0.333. The normalized spacial score (nSPS) is 19.9. The number of anilines is 2. The lowest BCUT2D eigenvalue weighted by Crippen LogP contribution is -2.38. The minimum atomic E-state index is -0.567. The predicted molar refractivity (Wildman–Crippen MR) is 569 cm³/mol. The lowest BCUT2D eigenvalue weighted by Gasteiger charge is -2.20. The third kappa shape index (κ3) is 21.0. The Morgan fingerprint density at radius 3 is 1.40 bits per heavy atom. The smallest absolute Gasteiger partial charge is 0.260 e. The molecule has 1 fully saturated rings. The van der Waals surface area contributed by atoms with E-state index >= 15 is 0 Å². The van der Waals surface area contributed by atoms with Gasteiger partial charge in [-0.1, -0.05) is 111 Å². The molecule has 12 heterocycles. The third-order valence-electron chi connectivity index (χ3n) is 28.3. The van der Waals surface area contributed by atoms with Crippen LogP contribution in [0.25, 0.3) is 17.2 Å². The van der Waals surface area contributed by atoms with E-state index in [1.807, 2.05) is 131 Å². The van der Waals surface area contributed by atoms with E-state index in [1.54, 1.807) is 116 Å². The first kappa shape index (κ1) is 101.